The minimum atomic E-state index is -0.292. The van der Waals surface area contributed by atoms with E-state index in [1.807, 2.05) is 43.3 Å². The third kappa shape index (κ3) is 2.88. The van der Waals surface area contributed by atoms with E-state index in [1.165, 1.54) is 12.3 Å². The Labute approximate surface area is 149 Å². The van der Waals surface area contributed by atoms with Crippen LogP contribution in [0.5, 0.6) is 5.75 Å². The lowest BCUT2D eigenvalue weighted by atomic mass is 10.2. The first kappa shape index (κ1) is 15.8. The highest BCUT2D eigenvalue weighted by atomic mass is 16.3. The molecule has 0 radical (unpaired) electrons. The molecule has 2 aromatic heterocycles. The molecule has 6 heteroatoms. The Hall–Kier alpha value is -3.67. The number of phenols is 1. The second-order valence-electron chi connectivity index (χ2n) is 5.92. The minimum Gasteiger partial charge on any atom is -0.508 e. The fourth-order valence-corrected chi connectivity index (χ4v) is 2.82. The fraction of sp³-hybridized carbons (Fsp3) is 0.0500. The van der Waals surface area contributed by atoms with E-state index in [9.17, 15) is 9.90 Å². The Bertz CT molecular complexity index is 1120. The number of para-hydroxylation sites is 1. The topological polar surface area (TPSA) is 80.0 Å². The van der Waals surface area contributed by atoms with Crippen molar-refractivity contribution in [1.82, 2.24) is 14.8 Å². The minimum absolute atomic E-state index is 0.0931. The maximum absolute atomic E-state index is 12.5. The zero-order valence-electron chi connectivity index (χ0n) is 14.0. The highest BCUT2D eigenvalue weighted by Gasteiger charge is 2.16. The van der Waals surface area contributed by atoms with E-state index in [2.05, 4.69) is 15.4 Å². The molecule has 0 bridgehead atoms. The van der Waals surface area contributed by atoms with Crippen molar-refractivity contribution in [2.24, 2.45) is 0 Å². The summed E-state index contributed by atoms with van der Waals surface area (Å²) in [5, 5.41) is 17.6. The first-order chi connectivity index (χ1) is 12.6. The summed E-state index contributed by atoms with van der Waals surface area (Å²) in [7, 11) is 0. The molecule has 0 saturated heterocycles. The lowest BCUT2D eigenvalue weighted by Crippen LogP contribution is -2.13. The Balaban J connectivity index is 1.65. The van der Waals surface area contributed by atoms with Gasteiger partial charge in [0.2, 0.25) is 0 Å². The van der Waals surface area contributed by atoms with Crippen LogP contribution in [0.2, 0.25) is 0 Å². The van der Waals surface area contributed by atoms with Crippen molar-refractivity contribution in [2.45, 2.75) is 6.92 Å². The quantitative estimate of drug-likeness (QED) is 0.594. The average Bonchev–Trinajstić information content (AvgIpc) is 3.03. The predicted molar refractivity (Wildman–Crippen MR) is 99.7 cm³/mol. The number of nitrogens with zero attached hydrogens (tertiary/aromatic N) is 3. The van der Waals surface area contributed by atoms with Crippen LogP contribution in [0.15, 0.2) is 66.9 Å². The van der Waals surface area contributed by atoms with Crippen molar-refractivity contribution in [3.8, 4) is 11.6 Å². The number of carbonyl (C=O) groups excluding carboxylic acids is 1. The average molecular weight is 344 g/mol. The van der Waals surface area contributed by atoms with Gasteiger partial charge in [0.25, 0.3) is 5.91 Å². The molecule has 0 aliphatic carbocycles. The van der Waals surface area contributed by atoms with Crippen LogP contribution in [-0.2, 0) is 0 Å². The van der Waals surface area contributed by atoms with E-state index in [1.54, 1.807) is 22.9 Å². The van der Waals surface area contributed by atoms with Crippen LogP contribution in [-0.4, -0.2) is 25.8 Å². The number of pyridine rings is 1. The summed E-state index contributed by atoms with van der Waals surface area (Å²) in [6.07, 6.45) is 1.52. The first-order valence-electron chi connectivity index (χ1n) is 8.13. The number of phenolic OH excluding ortho intramolecular Hbond substituents is 1. The van der Waals surface area contributed by atoms with Gasteiger partial charge in [0.05, 0.1) is 23.0 Å². The Morgan fingerprint density at radius 1 is 1.08 bits per heavy atom. The van der Waals surface area contributed by atoms with Crippen LogP contribution in [0.3, 0.4) is 0 Å². The van der Waals surface area contributed by atoms with E-state index in [0.717, 1.165) is 10.9 Å². The van der Waals surface area contributed by atoms with Gasteiger partial charge in [0, 0.05) is 17.1 Å². The van der Waals surface area contributed by atoms with Crippen molar-refractivity contribution in [2.75, 3.05) is 5.32 Å². The molecule has 2 aromatic carbocycles. The van der Waals surface area contributed by atoms with Crippen molar-refractivity contribution < 1.29 is 9.90 Å². The zero-order valence-corrected chi connectivity index (χ0v) is 14.0. The van der Waals surface area contributed by atoms with Crippen LogP contribution in [0.25, 0.3) is 16.7 Å². The Morgan fingerprint density at radius 3 is 2.77 bits per heavy atom. The molecule has 4 aromatic rings. The lowest BCUT2D eigenvalue weighted by Gasteiger charge is -2.07. The predicted octanol–water partition coefficient (Wildman–Crippen LogP) is 3.69. The summed E-state index contributed by atoms with van der Waals surface area (Å²) < 4.78 is 1.64. The Kier molecular flexibility index (Phi) is 3.85. The number of aromatic nitrogens is 3. The van der Waals surface area contributed by atoms with Gasteiger partial charge in [-0.1, -0.05) is 24.3 Å². The van der Waals surface area contributed by atoms with Crippen LogP contribution in [0.4, 0.5) is 5.69 Å². The largest absolute Gasteiger partial charge is 0.508 e. The third-order valence-electron chi connectivity index (χ3n) is 4.16. The molecule has 0 unspecified atom stereocenters. The summed E-state index contributed by atoms with van der Waals surface area (Å²) >= 11 is 0. The van der Waals surface area contributed by atoms with Gasteiger partial charge in [-0.15, -0.1) is 0 Å². The van der Waals surface area contributed by atoms with E-state index in [4.69, 9.17) is 0 Å². The molecule has 0 spiro atoms. The smallest absolute Gasteiger partial charge is 0.259 e. The maximum atomic E-state index is 12.5. The molecule has 0 atom stereocenters. The van der Waals surface area contributed by atoms with E-state index in [-0.39, 0.29) is 11.7 Å². The summed E-state index contributed by atoms with van der Waals surface area (Å²) in [5.41, 5.74) is 2.52. The summed E-state index contributed by atoms with van der Waals surface area (Å²) in [5.74, 6) is 0.452. The summed E-state index contributed by atoms with van der Waals surface area (Å²) in [6, 6.07) is 18.1. The van der Waals surface area contributed by atoms with Crippen LogP contribution in [0.1, 0.15) is 16.1 Å². The number of hydrogen-bond acceptors (Lipinski definition) is 4. The molecule has 26 heavy (non-hydrogen) atoms. The molecule has 128 valence electrons. The number of carbonyl (C=O) groups is 1. The van der Waals surface area contributed by atoms with Gasteiger partial charge < -0.3 is 10.4 Å². The molecule has 0 fully saturated rings. The number of rotatable bonds is 3. The number of anilines is 1. The first-order valence-corrected chi connectivity index (χ1v) is 8.13. The van der Waals surface area contributed by atoms with Crippen molar-refractivity contribution in [3.63, 3.8) is 0 Å². The number of nitrogens with one attached hydrogen (secondary N) is 1. The molecule has 6 nitrogen and oxygen atoms in total. The molecule has 0 aliphatic heterocycles. The molecule has 4 rings (SSSR count). The number of amides is 1. The molecule has 1 amide bonds. The summed E-state index contributed by atoms with van der Waals surface area (Å²) in [6.45, 7) is 1.82. The number of hydrogen-bond donors (Lipinski definition) is 2. The lowest BCUT2D eigenvalue weighted by molar-refractivity contribution is 0.102. The zero-order chi connectivity index (χ0) is 18.1. The van der Waals surface area contributed by atoms with E-state index < -0.39 is 0 Å². The van der Waals surface area contributed by atoms with Gasteiger partial charge >= 0.3 is 0 Å². The van der Waals surface area contributed by atoms with Gasteiger partial charge in [0.15, 0.2) is 5.82 Å². The van der Waals surface area contributed by atoms with Crippen LogP contribution in [0, 0.1) is 6.92 Å². The third-order valence-corrected chi connectivity index (χ3v) is 4.16. The standard InChI is InChI=1S/C20H16N4O2/c1-13-17(20(26)22-15-6-4-7-16(25)11-15)12-21-24(13)19-10-9-14-5-2-3-8-18(14)23-19/h2-12,25H,1H3,(H,22,26). The van der Waals surface area contributed by atoms with Gasteiger partial charge in [-0.3, -0.25) is 4.79 Å². The van der Waals surface area contributed by atoms with E-state index in [0.29, 0.717) is 22.8 Å². The fourth-order valence-electron chi connectivity index (χ4n) is 2.82. The van der Waals surface area contributed by atoms with Gasteiger partial charge in [-0.25, -0.2) is 9.67 Å². The normalized spacial score (nSPS) is 10.8. The van der Waals surface area contributed by atoms with Gasteiger partial charge in [-0.05, 0) is 37.3 Å². The number of fused-ring (bicyclic) bond motifs is 1. The van der Waals surface area contributed by atoms with Gasteiger partial charge in [0.1, 0.15) is 5.75 Å². The molecule has 2 heterocycles. The monoisotopic (exact) mass is 344 g/mol. The molecular weight excluding hydrogens is 328 g/mol. The van der Waals surface area contributed by atoms with E-state index >= 15 is 0 Å². The molecule has 0 aliphatic rings. The molecule has 0 saturated carbocycles. The SMILES string of the molecule is Cc1c(C(=O)Nc2cccc(O)c2)cnn1-c1ccc2ccccc2n1. The maximum Gasteiger partial charge on any atom is 0.259 e. The van der Waals surface area contributed by atoms with Crippen molar-refractivity contribution in [1.29, 1.82) is 0 Å². The van der Waals surface area contributed by atoms with Gasteiger partial charge in [-0.2, -0.15) is 5.10 Å². The summed E-state index contributed by atoms with van der Waals surface area (Å²) in [4.78, 5) is 17.1. The Morgan fingerprint density at radius 2 is 1.92 bits per heavy atom. The number of benzene rings is 2. The highest BCUT2D eigenvalue weighted by molar-refractivity contribution is 6.05. The highest BCUT2D eigenvalue weighted by Crippen LogP contribution is 2.19. The van der Waals surface area contributed by atoms with Crippen LogP contribution >= 0.6 is 0 Å². The second-order valence-corrected chi connectivity index (χ2v) is 5.92. The molecular formula is C20H16N4O2. The number of aromatic hydroxyl groups is 1. The van der Waals surface area contributed by atoms with Crippen LogP contribution < -0.4 is 5.32 Å². The molecule has 2 N–H and O–H groups in total. The van der Waals surface area contributed by atoms with Crippen molar-refractivity contribution in [3.05, 3.63) is 78.1 Å². The van der Waals surface area contributed by atoms with Crippen molar-refractivity contribution >= 4 is 22.5 Å². The second kappa shape index (κ2) is 6.33.